The Morgan fingerprint density at radius 2 is 2.11 bits per heavy atom. The number of hydrogen-bond donors (Lipinski definition) is 1. The lowest BCUT2D eigenvalue weighted by atomic mass is 10.2. The van der Waals surface area contributed by atoms with Crippen LogP contribution >= 0.6 is 11.6 Å². The third kappa shape index (κ3) is 3.56. The average molecular weight is 265 g/mol. The van der Waals surface area contributed by atoms with Crippen molar-refractivity contribution in [1.82, 2.24) is 14.8 Å². The van der Waals surface area contributed by atoms with Crippen molar-refractivity contribution in [3.63, 3.8) is 0 Å². The minimum absolute atomic E-state index is 0.0750. The Labute approximate surface area is 110 Å². The molecule has 94 valence electrons. The van der Waals surface area contributed by atoms with Crippen LogP contribution in [0.5, 0.6) is 0 Å². The molecule has 0 fully saturated rings. The molecule has 0 aliphatic carbocycles. The predicted octanol–water partition coefficient (Wildman–Crippen LogP) is 1.89. The monoisotopic (exact) mass is 264 g/mol. The molecule has 0 saturated carbocycles. The summed E-state index contributed by atoms with van der Waals surface area (Å²) in [4.78, 5) is 15.2. The highest BCUT2D eigenvalue weighted by atomic mass is 35.5. The Bertz CT molecular complexity index is 495. The quantitative estimate of drug-likeness (QED) is 0.839. The highest BCUT2D eigenvalue weighted by Gasteiger charge is 2.01. The molecule has 2 aromatic rings. The maximum Gasteiger partial charge on any atom is 0.225 e. The van der Waals surface area contributed by atoms with Gasteiger partial charge in [0.1, 0.15) is 12.7 Å². The van der Waals surface area contributed by atoms with Crippen LogP contribution in [0.1, 0.15) is 12.0 Å². The van der Waals surface area contributed by atoms with E-state index >= 15 is 0 Å². The number of nitrogens with one attached hydrogen (secondary N) is 1. The summed E-state index contributed by atoms with van der Waals surface area (Å²) < 4.78 is 1.74. The molecule has 1 N–H and O–H groups in total. The molecule has 1 aromatic heterocycles. The van der Waals surface area contributed by atoms with Crippen molar-refractivity contribution in [2.75, 3.05) is 11.2 Å². The zero-order valence-corrected chi connectivity index (χ0v) is 10.5. The zero-order chi connectivity index (χ0) is 12.8. The van der Waals surface area contributed by atoms with E-state index in [1.54, 1.807) is 11.0 Å². The molecule has 0 bridgehead atoms. The fraction of sp³-hybridized carbons (Fsp3) is 0.250. The summed E-state index contributed by atoms with van der Waals surface area (Å²) in [6, 6.07) is 7.60. The minimum Gasteiger partial charge on any atom is -0.326 e. The molecule has 0 aliphatic heterocycles. The fourth-order valence-corrected chi connectivity index (χ4v) is 1.68. The molecule has 0 radical (unpaired) electrons. The summed E-state index contributed by atoms with van der Waals surface area (Å²) >= 11 is 5.49. The summed E-state index contributed by atoms with van der Waals surface area (Å²) in [5.41, 5.74) is 1.86. The van der Waals surface area contributed by atoms with Gasteiger partial charge >= 0.3 is 0 Å². The van der Waals surface area contributed by atoms with Gasteiger partial charge in [-0.25, -0.2) is 9.67 Å². The van der Waals surface area contributed by atoms with E-state index in [2.05, 4.69) is 15.4 Å². The predicted molar refractivity (Wildman–Crippen MR) is 69.5 cm³/mol. The van der Waals surface area contributed by atoms with Gasteiger partial charge in [0.15, 0.2) is 0 Å². The standard InChI is InChI=1S/C12H13ClN4O/c13-6-5-12(18)16-11-3-1-10(2-4-11)7-17-9-14-8-15-17/h1-4,8-9H,5-7H2,(H,16,18). The normalized spacial score (nSPS) is 10.3. The first kappa shape index (κ1) is 12.6. The van der Waals surface area contributed by atoms with Gasteiger partial charge in [-0.1, -0.05) is 12.1 Å². The summed E-state index contributed by atoms with van der Waals surface area (Å²) in [5.74, 6) is 0.255. The molecule has 1 amide bonds. The van der Waals surface area contributed by atoms with E-state index in [1.807, 2.05) is 24.3 Å². The number of aromatic nitrogens is 3. The molecule has 5 nitrogen and oxygen atoms in total. The number of anilines is 1. The van der Waals surface area contributed by atoms with Gasteiger partial charge in [0.25, 0.3) is 0 Å². The highest BCUT2D eigenvalue weighted by molar-refractivity contribution is 6.19. The third-order valence-corrected chi connectivity index (χ3v) is 2.56. The van der Waals surface area contributed by atoms with Crippen LogP contribution in [0.25, 0.3) is 0 Å². The highest BCUT2D eigenvalue weighted by Crippen LogP contribution is 2.10. The Balaban J connectivity index is 1.95. The van der Waals surface area contributed by atoms with Gasteiger partial charge < -0.3 is 5.32 Å². The second kappa shape index (κ2) is 6.16. The smallest absolute Gasteiger partial charge is 0.225 e. The Hall–Kier alpha value is -1.88. The van der Waals surface area contributed by atoms with Gasteiger partial charge in [0, 0.05) is 18.0 Å². The lowest BCUT2D eigenvalue weighted by Gasteiger charge is -2.05. The molecule has 1 aromatic carbocycles. The molecule has 0 aliphatic rings. The average Bonchev–Trinajstić information content (AvgIpc) is 2.85. The Kier molecular flexibility index (Phi) is 4.30. The summed E-state index contributed by atoms with van der Waals surface area (Å²) in [6.07, 6.45) is 3.49. The van der Waals surface area contributed by atoms with Crippen molar-refractivity contribution >= 4 is 23.2 Å². The first-order valence-electron chi connectivity index (χ1n) is 5.55. The molecule has 6 heteroatoms. The van der Waals surface area contributed by atoms with E-state index in [4.69, 9.17) is 11.6 Å². The number of nitrogens with zero attached hydrogens (tertiary/aromatic N) is 3. The van der Waals surface area contributed by atoms with Crippen molar-refractivity contribution in [3.8, 4) is 0 Å². The molecular weight excluding hydrogens is 252 g/mol. The lowest BCUT2D eigenvalue weighted by molar-refractivity contribution is -0.115. The second-order valence-electron chi connectivity index (χ2n) is 3.78. The molecule has 0 unspecified atom stereocenters. The van der Waals surface area contributed by atoms with E-state index in [0.29, 0.717) is 18.8 Å². The number of carbonyl (C=O) groups is 1. The van der Waals surface area contributed by atoms with Crippen LogP contribution in [0.4, 0.5) is 5.69 Å². The topological polar surface area (TPSA) is 59.8 Å². The fourth-order valence-electron chi connectivity index (χ4n) is 1.50. The van der Waals surface area contributed by atoms with E-state index in [0.717, 1.165) is 11.3 Å². The summed E-state index contributed by atoms with van der Waals surface area (Å²) in [5, 5.41) is 6.80. The number of benzene rings is 1. The maximum atomic E-state index is 11.3. The van der Waals surface area contributed by atoms with Gasteiger partial charge in [-0.05, 0) is 17.7 Å². The van der Waals surface area contributed by atoms with Crippen LogP contribution in [0.3, 0.4) is 0 Å². The van der Waals surface area contributed by atoms with E-state index in [1.165, 1.54) is 6.33 Å². The summed E-state index contributed by atoms with van der Waals surface area (Å²) in [6.45, 7) is 0.663. The summed E-state index contributed by atoms with van der Waals surface area (Å²) in [7, 11) is 0. The first-order chi connectivity index (χ1) is 8.78. The Morgan fingerprint density at radius 1 is 1.33 bits per heavy atom. The molecule has 0 spiro atoms. The van der Waals surface area contributed by atoms with Crippen molar-refractivity contribution in [1.29, 1.82) is 0 Å². The van der Waals surface area contributed by atoms with Gasteiger partial charge in [-0.15, -0.1) is 11.6 Å². The number of rotatable bonds is 5. The number of amides is 1. The van der Waals surface area contributed by atoms with Crippen molar-refractivity contribution < 1.29 is 4.79 Å². The van der Waals surface area contributed by atoms with Crippen molar-refractivity contribution in [3.05, 3.63) is 42.5 Å². The molecule has 0 saturated heterocycles. The Morgan fingerprint density at radius 3 is 2.72 bits per heavy atom. The SMILES string of the molecule is O=C(CCCl)Nc1ccc(Cn2cncn2)cc1. The van der Waals surface area contributed by atoms with Crippen LogP contribution in [0, 0.1) is 0 Å². The van der Waals surface area contributed by atoms with Crippen LogP contribution in [-0.4, -0.2) is 26.6 Å². The lowest BCUT2D eigenvalue weighted by Crippen LogP contribution is -2.11. The van der Waals surface area contributed by atoms with E-state index in [9.17, 15) is 4.79 Å². The van der Waals surface area contributed by atoms with E-state index < -0.39 is 0 Å². The molecule has 1 heterocycles. The largest absolute Gasteiger partial charge is 0.326 e. The van der Waals surface area contributed by atoms with Crippen LogP contribution in [0.2, 0.25) is 0 Å². The number of carbonyl (C=O) groups excluding carboxylic acids is 1. The van der Waals surface area contributed by atoms with Gasteiger partial charge in [0.2, 0.25) is 5.91 Å². The van der Waals surface area contributed by atoms with E-state index in [-0.39, 0.29) is 5.91 Å². The zero-order valence-electron chi connectivity index (χ0n) is 9.71. The third-order valence-electron chi connectivity index (χ3n) is 2.37. The molecule has 18 heavy (non-hydrogen) atoms. The van der Waals surface area contributed by atoms with Gasteiger partial charge in [0.05, 0.1) is 6.54 Å². The number of alkyl halides is 1. The minimum atomic E-state index is -0.0750. The first-order valence-corrected chi connectivity index (χ1v) is 6.08. The van der Waals surface area contributed by atoms with Crippen LogP contribution in [0.15, 0.2) is 36.9 Å². The maximum absolute atomic E-state index is 11.3. The van der Waals surface area contributed by atoms with Gasteiger partial charge in [-0.3, -0.25) is 4.79 Å². The van der Waals surface area contributed by atoms with Crippen molar-refractivity contribution in [2.45, 2.75) is 13.0 Å². The number of hydrogen-bond acceptors (Lipinski definition) is 3. The van der Waals surface area contributed by atoms with Crippen molar-refractivity contribution in [2.24, 2.45) is 0 Å². The van der Waals surface area contributed by atoms with Crippen LogP contribution < -0.4 is 5.32 Å². The molecule has 2 rings (SSSR count). The second-order valence-corrected chi connectivity index (χ2v) is 4.16. The van der Waals surface area contributed by atoms with Gasteiger partial charge in [-0.2, -0.15) is 5.10 Å². The number of halogens is 1. The van der Waals surface area contributed by atoms with Crippen LogP contribution in [-0.2, 0) is 11.3 Å². The molecular formula is C12H13ClN4O. The molecule has 0 atom stereocenters.